The van der Waals surface area contributed by atoms with E-state index in [-0.39, 0.29) is 28.9 Å². The van der Waals surface area contributed by atoms with Crippen molar-refractivity contribution in [3.8, 4) is 0 Å². The molecule has 0 spiro atoms. The molecule has 2 heterocycles. The number of anilines is 1. The molecule has 0 aliphatic carbocycles. The molecule has 0 bridgehead atoms. The number of hydrogen-bond acceptors (Lipinski definition) is 8. The number of aliphatic carboxylic acids is 1. The molecular weight excluding hydrogens is 340 g/mol. The maximum absolute atomic E-state index is 12.4. The van der Waals surface area contributed by atoms with Gasteiger partial charge < -0.3 is 15.1 Å². The number of aromatic nitrogens is 2. The normalized spacial score (nSPS) is 21.8. The second-order valence-corrected chi connectivity index (χ2v) is 7.85. The van der Waals surface area contributed by atoms with Gasteiger partial charge in [0.1, 0.15) is 10.9 Å². The smallest absolute Gasteiger partial charge is 0.326 e. The van der Waals surface area contributed by atoms with Crippen LogP contribution in [-0.2, 0) is 14.8 Å². The van der Waals surface area contributed by atoms with Gasteiger partial charge in [0.05, 0.1) is 11.8 Å². The van der Waals surface area contributed by atoms with Gasteiger partial charge in [-0.3, -0.25) is 0 Å². The summed E-state index contributed by atoms with van der Waals surface area (Å²) in [7, 11) is -0.990. The number of carboxylic acids is 1. The Morgan fingerprint density at radius 1 is 1.33 bits per heavy atom. The van der Waals surface area contributed by atoms with Gasteiger partial charge in [0.25, 0.3) is 0 Å². The standard InChI is InChI=1S/C13H16N4O6S/c1-16(2)24(21,22)10-4-3-8(11-12(10)15-23-14-11)17-6-7(18)5-9(17)13(19)20/h3-4,7,9,18H,5-6H2,1-2H3,(H,19,20)/t7-,9-/m1/s1. The van der Waals surface area contributed by atoms with E-state index in [0.717, 1.165) is 4.31 Å². The van der Waals surface area contributed by atoms with E-state index in [1.807, 2.05) is 0 Å². The van der Waals surface area contributed by atoms with Crippen molar-refractivity contribution in [2.24, 2.45) is 0 Å². The minimum atomic E-state index is -3.77. The molecule has 0 saturated carbocycles. The molecular formula is C13H16N4O6S. The van der Waals surface area contributed by atoms with Crippen LogP contribution in [-0.4, -0.2) is 72.0 Å². The molecule has 0 unspecified atom stereocenters. The zero-order valence-corrected chi connectivity index (χ0v) is 13.8. The number of aliphatic hydroxyl groups excluding tert-OH is 1. The Kier molecular flexibility index (Phi) is 3.94. The van der Waals surface area contributed by atoms with Crippen molar-refractivity contribution in [3.05, 3.63) is 12.1 Å². The van der Waals surface area contributed by atoms with Crippen LogP contribution in [0.3, 0.4) is 0 Å². The Hall–Kier alpha value is -2.24. The molecule has 130 valence electrons. The summed E-state index contributed by atoms with van der Waals surface area (Å²) in [4.78, 5) is 12.8. The van der Waals surface area contributed by atoms with Crippen molar-refractivity contribution < 1.29 is 28.1 Å². The minimum Gasteiger partial charge on any atom is -0.480 e. The van der Waals surface area contributed by atoms with E-state index in [2.05, 4.69) is 14.9 Å². The zero-order chi connectivity index (χ0) is 17.6. The summed E-state index contributed by atoms with van der Waals surface area (Å²) >= 11 is 0. The lowest BCUT2D eigenvalue weighted by molar-refractivity contribution is -0.138. The second-order valence-electron chi connectivity index (χ2n) is 5.73. The van der Waals surface area contributed by atoms with E-state index in [9.17, 15) is 23.4 Å². The van der Waals surface area contributed by atoms with Gasteiger partial charge >= 0.3 is 5.97 Å². The molecule has 0 amide bonds. The molecule has 2 atom stereocenters. The van der Waals surface area contributed by atoms with E-state index in [4.69, 9.17) is 0 Å². The van der Waals surface area contributed by atoms with Crippen LogP contribution in [0.15, 0.2) is 21.7 Å². The Bertz CT molecular complexity index is 893. The van der Waals surface area contributed by atoms with E-state index >= 15 is 0 Å². The Balaban J connectivity index is 2.16. The first-order valence-corrected chi connectivity index (χ1v) is 8.52. The van der Waals surface area contributed by atoms with Gasteiger partial charge in [-0.25, -0.2) is 22.1 Å². The van der Waals surface area contributed by atoms with Crippen LogP contribution in [0.2, 0.25) is 0 Å². The minimum absolute atomic E-state index is 0.0201. The second kappa shape index (κ2) is 5.69. The lowest BCUT2D eigenvalue weighted by atomic mass is 10.2. The number of benzene rings is 1. The van der Waals surface area contributed by atoms with Gasteiger partial charge in [0.15, 0.2) is 11.0 Å². The number of β-amino-alcohol motifs (C(OH)–C–C–N with tert-alkyl or cyclic N) is 1. The Morgan fingerprint density at radius 3 is 2.62 bits per heavy atom. The van der Waals surface area contributed by atoms with Gasteiger partial charge in [-0.1, -0.05) is 0 Å². The fourth-order valence-electron chi connectivity index (χ4n) is 2.78. The summed E-state index contributed by atoms with van der Waals surface area (Å²) in [6.45, 7) is 0.0959. The number of nitrogens with zero attached hydrogens (tertiary/aromatic N) is 4. The van der Waals surface area contributed by atoms with Gasteiger partial charge in [-0.05, 0) is 22.4 Å². The molecule has 1 aromatic heterocycles. The predicted octanol–water partition coefficient (Wildman–Crippen LogP) is -0.503. The van der Waals surface area contributed by atoms with Crippen molar-refractivity contribution in [1.82, 2.24) is 14.6 Å². The van der Waals surface area contributed by atoms with E-state index in [1.54, 1.807) is 0 Å². The highest BCUT2D eigenvalue weighted by molar-refractivity contribution is 7.89. The van der Waals surface area contributed by atoms with Crippen molar-refractivity contribution in [2.45, 2.75) is 23.5 Å². The van der Waals surface area contributed by atoms with Crippen molar-refractivity contribution in [1.29, 1.82) is 0 Å². The lowest BCUT2D eigenvalue weighted by Crippen LogP contribution is -2.36. The maximum atomic E-state index is 12.4. The van der Waals surface area contributed by atoms with Gasteiger partial charge in [-0.2, -0.15) is 0 Å². The quantitative estimate of drug-likeness (QED) is 0.742. The monoisotopic (exact) mass is 356 g/mol. The number of rotatable bonds is 4. The summed E-state index contributed by atoms with van der Waals surface area (Å²) in [5.41, 5.74) is 0.512. The molecule has 1 aliphatic heterocycles. The molecule has 11 heteroatoms. The van der Waals surface area contributed by atoms with Crippen LogP contribution < -0.4 is 4.90 Å². The van der Waals surface area contributed by atoms with Crippen LogP contribution in [0, 0.1) is 0 Å². The van der Waals surface area contributed by atoms with Crippen LogP contribution in [0.4, 0.5) is 5.69 Å². The fourth-order valence-corrected chi connectivity index (χ4v) is 3.79. The number of sulfonamides is 1. The third-order valence-corrected chi connectivity index (χ3v) is 5.84. The SMILES string of the molecule is CN(C)S(=O)(=O)c1ccc(N2C[C@H](O)C[C@@H]2C(=O)O)c2nonc12. The number of carbonyl (C=O) groups is 1. The number of fused-ring (bicyclic) bond motifs is 1. The molecule has 2 N–H and O–H groups in total. The molecule has 10 nitrogen and oxygen atoms in total. The van der Waals surface area contributed by atoms with Crippen molar-refractivity contribution >= 4 is 32.7 Å². The van der Waals surface area contributed by atoms with E-state index in [1.165, 1.54) is 31.1 Å². The number of hydrogen-bond donors (Lipinski definition) is 2. The fraction of sp³-hybridized carbons (Fsp3) is 0.462. The summed E-state index contributed by atoms with van der Waals surface area (Å²) in [6.07, 6.45) is -0.731. The Morgan fingerprint density at radius 2 is 2.00 bits per heavy atom. The highest BCUT2D eigenvalue weighted by Gasteiger charge is 2.38. The topological polar surface area (TPSA) is 137 Å². The molecule has 1 saturated heterocycles. The third-order valence-electron chi connectivity index (χ3n) is 3.99. The van der Waals surface area contributed by atoms with Crippen LogP contribution >= 0.6 is 0 Å². The average Bonchev–Trinajstić information content (AvgIpc) is 3.12. The maximum Gasteiger partial charge on any atom is 0.326 e. The average molecular weight is 356 g/mol. The summed E-state index contributed by atoms with van der Waals surface area (Å²) in [6, 6.07) is 1.86. The first-order chi connectivity index (χ1) is 11.2. The third kappa shape index (κ3) is 2.50. The molecule has 1 fully saturated rings. The van der Waals surface area contributed by atoms with E-state index in [0.29, 0.717) is 5.69 Å². The summed E-state index contributed by atoms with van der Waals surface area (Å²) in [5.74, 6) is -1.08. The largest absolute Gasteiger partial charge is 0.480 e. The van der Waals surface area contributed by atoms with Gasteiger partial charge in [0, 0.05) is 27.1 Å². The summed E-state index contributed by atoms with van der Waals surface area (Å²) in [5, 5.41) is 26.5. The van der Waals surface area contributed by atoms with Crippen molar-refractivity contribution in [2.75, 3.05) is 25.5 Å². The van der Waals surface area contributed by atoms with Gasteiger partial charge in [-0.15, -0.1) is 0 Å². The zero-order valence-electron chi connectivity index (χ0n) is 12.9. The van der Waals surface area contributed by atoms with Crippen molar-refractivity contribution in [3.63, 3.8) is 0 Å². The van der Waals surface area contributed by atoms with Crippen LogP contribution in [0.1, 0.15) is 6.42 Å². The highest BCUT2D eigenvalue weighted by atomic mass is 32.2. The number of aliphatic hydroxyl groups is 1. The molecule has 2 aromatic rings. The Labute approximate surface area is 137 Å². The molecule has 1 aromatic carbocycles. The first kappa shape index (κ1) is 16.6. The molecule has 1 aliphatic rings. The lowest BCUT2D eigenvalue weighted by Gasteiger charge is -2.23. The molecule has 24 heavy (non-hydrogen) atoms. The number of carboxylic acid groups (broad SMARTS) is 1. The highest BCUT2D eigenvalue weighted by Crippen LogP contribution is 2.34. The predicted molar refractivity (Wildman–Crippen MR) is 82.1 cm³/mol. The molecule has 3 rings (SSSR count). The van der Waals surface area contributed by atoms with Crippen LogP contribution in [0.5, 0.6) is 0 Å². The van der Waals surface area contributed by atoms with E-state index < -0.39 is 28.1 Å². The summed E-state index contributed by atoms with van der Waals surface area (Å²) < 4.78 is 30.5. The van der Waals surface area contributed by atoms with Gasteiger partial charge in [0.2, 0.25) is 10.0 Å². The van der Waals surface area contributed by atoms with Crippen LogP contribution in [0.25, 0.3) is 11.0 Å². The first-order valence-electron chi connectivity index (χ1n) is 7.08. The molecule has 0 radical (unpaired) electrons.